The number of carbonyl (C=O) groups excluding carboxylic acids is 1. The highest BCUT2D eigenvalue weighted by Crippen LogP contribution is 2.43. The smallest absolute Gasteiger partial charge is 0.106 e. The summed E-state index contributed by atoms with van der Waals surface area (Å²) in [5, 5.41) is 0. The molecule has 0 saturated carbocycles. The molecular formula is C21H45NO2. The minimum Gasteiger partial charge on any atom is -0.379 e. The second-order valence-electron chi connectivity index (χ2n) is 7.90. The first kappa shape index (κ1) is 25.8. The minimum atomic E-state index is 0.547. The summed E-state index contributed by atoms with van der Waals surface area (Å²) < 4.78 is 5.10. The van der Waals surface area contributed by atoms with Crippen LogP contribution >= 0.6 is 0 Å². The number of ether oxygens (including phenoxy) is 1. The van der Waals surface area contributed by atoms with Gasteiger partial charge in [0.25, 0.3) is 0 Å². The molecule has 0 aliphatic carbocycles. The molecule has 3 nitrogen and oxygen atoms in total. The van der Waals surface area contributed by atoms with E-state index in [-0.39, 0.29) is 0 Å². The molecule has 0 bridgehead atoms. The predicted molar refractivity (Wildman–Crippen MR) is 107 cm³/mol. The van der Waals surface area contributed by atoms with Gasteiger partial charge in [0.15, 0.2) is 0 Å². The van der Waals surface area contributed by atoms with Gasteiger partial charge in [-0.15, -0.1) is 0 Å². The molecule has 0 aromatic rings. The summed E-state index contributed by atoms with van der Waals surface area (Å²) in [6.07, 6.45) is 6.65. The minimum absolute atomic E-state index is 0.547. The zero-order valence-corrected chi connectivity index (χ0v) is 17.9. The molecule has 1 aliphatic heterocycles. The Hall–Kier alpha value is -0.410. The third-order valence-electron chi connectivity index (χ3n) is 6.55. The van der Waals surface area contributed by atoms with Gasteiger partial charge in [0, 0.05) is 13.1 Å². The fourth-order valence-electron chi connectivity index (χ4n) is 3.13. The van der Waals surface area contributed by atoms with Crippen molar-refractivity contribution in [2.75, 3.05) is 33.4 Å². The van der Waals surface area contributed by atoms with Crippen molar-refractivity contribution < 1.29 is 9.53 Å². The van der Waals surface area contributed by atoms with E-state index < -0.39 is 0 Å². The van der Waals surface area contributed by atoms with E-state index in [4.69, 9.17) is 9.53 Å². The second-order valence-corrected chi connectivity index (χ2v) is 7.90. The number of morpholine rings is 1. The molecule has 1 fully saturated rings. The van der Waals surface area contributed by atoms with Crippen LogP contribution in [0.15, 0.2) is 0 Å². The topological polar surface area (TPSA) is 29.5 Å². The maximum absolute atomic E-state index is 8.00. The summed E-state index contributed by atoms with van der Waals surface area (Å²) in [7, 11) is 2.11. The fraction of sp³-hybridized carbons (Fsp3) is 0.952. The van der Waals surface area contributed by atoms with Gasteiger partial charge < -0.3 is 14.4 Å². The van der Waals surface area contributed by atoms with Crippen molar-refractivity contribution in [2.45, 2.75) is 80.6 Å². The van der Waals surface area contributed by atoms with E-state index >= 15 is 0 Å². The van der Waals surface area contributed by atoms with Crippen LogP contribution in [0.5, 0.6) is 0 Å². The van der Waals surface area contributed by atoms with Gasteiger partial charge in [0.05, 0.1) is 13.2 Å². The number of rotatable bonds is 7. The molecule has 1 unspecified atom stereocenters. The highest BCUT2D eigenvalue weighted by Gasteiger charge is 2.32. The largest absolute Gasteiger partial charge is 0.379 e. The predicted octanol–water partition coefficient (Wildman–Crippen LogP) is 5.43. The summed E-state index contributed by atoms with van der Waals surface area (Å²) in [6.45, 7) is 22.8. The average Bonchev–Trinajstić information content (AvgIpc) is 2.63. The third kappa shape index (κ3) is 9.78. The van der Waals surface area contributed by atoms with Crippen molar-refractivity contribution in [2.24, 2.45) is 16.7 Å². The van der Waals surface area contributed by atoms with E-state index in [0.29, 0.717) is 10.8 Å². The molecule has 0 aromatic carbocycles. The zero-order chi connectivity index (χ0) is 19.2. The molecule has 0 amide bonds. The Morgan fingerprint density at radius 1 is 0.958 bits per heavy atom. The van der Waals surface area contributed by atoms with Crippen molar-refractivity contribution in [1.82, 2.24) is 4.90 Å². The van der Waals surface area contributed by atoms with E-state index in [9.17, 15) is 0 Å². The number of hydrogen-bond acceptors (Lipinski definition) is 3. The van der Waals surface area contributed by atoms with Gasteiger partial charge in [-0.2, -0.15) is 0 Å². The monoisotopic (exact) mass is 343 g/mol. The SMILES string of the molecule is C=O.CCC(C)(CC)CC(C)C(C)(CC)CC.CN1CCOCC1. The highest BCUT2D eigenvalue weighted by molar-refractivity contribution is 5.11. The van der Waals surface area contributed by atoms with Crippen molar-refractivity contribution in [3.8, 4) is 0 Å². The molecule has 1 aliphatic rings. The van der Waals surface area contributed by atoms with Crippen molar-refractivity contribution in [3.05, 3.63) is 0 Å². The van der Waals surface area contributed by atoms with Crippen molar-refractivity contribution >= 4 is 6.79 Å². The van der Waals surface area contributed by atoms with Crippen LogP contribution in [0.25, 0.3) is 0 Å². The summed E-state index contributed by atoms with van der Waals surface area (Å²) >= 11 is 0. The van der Waals surface area contributed by atoms with Crippen LogP contribution in [-0.2, 0) is 9.53 Å². The van der Waals surface area contributed by atoms with E-state index in [0.717, 1.165) is 32.2 Å². The molecule has 1 rings (SSSR count). The summed E-state index contributed by atoms with van der Waals surface area (Å²) in [5.74, 6) is 0.845. The van der Waals surface area contributed by atoms with E-state index in [1.807, 2.05) is 6.79 Å². The Balaban J connectivity index is 0. The molecule has 0 radical (unpaired) electrons. The Bertz CT molecular complexity index is 280. The number of hydrogen-bond donors (Lipinski definition) is 0. The molecule has 0 aromatic heterocycles. The third-order valence-corrected chi connectivity index (χ3v) is 6.55. The van der Waals surface area contributed by atoms with Gasteiger partial charge >= 0.3 is 0 Å². The van der Waals surface area contributed by atoms with Crippen LogP contribution in [0.1, 0.15) is 80.6 Å². The maximum Gasteiger partial charge on any atom is 0.106 e. The van der Waals surface area contributed by atoms with E-state index in [1.54, 1.807) is 0 Å². The lowest BCUT2D eigenvalue weighted by molar-refractivity contribution is -0.0979. The Morgan fingerprint density at radius 2 is 1.38 bits per heavy atom. The molecule has 1 atom stereocenters. The first-order valence-corrected chi connectivity index (χ1v) is 9.82. The standard InChI is InChI=1S/C15H32.C5H11NO.CH2O/c1-8-14(6,9-2)12-13(5)15(7,10-3)11-4;1-6-2-4-7-5-3-6;1-2/h13H,8-12H2,1-7H3;2-5H2,1H3;1H2. The van der Waals surface area contributed by atoms with Crippen molar-refractivity contribution in [1.29, 1.82) is 0 Å². The van der Waals surface area contributed by atoms with Crippen LogP contribution in [0, 0.1) is 16.7 Å². The highest BCUT2D eigenvalue weighted by atomic mass is 16.5. The molecule has 0 N–H and O–H groups in total. The zero-order valence-electron chi connectivity index (χ0n) is 17.9. The van der Waals surface area contributed by atoms with Crippen LogP contribution in [0.4, 0.5) is 0 Å². The first-order valence-electron chi connectivity index (χ1n) is 9.82. The van der Waals surface area contributed by atoms with Crippen LogP contribution in [0.2, 0.25) is 0 Å². The lowest BCUT2D eigenvalue weighted by Crippen LogP contribution is -2.32. The van der Waals surface area contributed by atoms with Gasteiger partial charge in [0.1, 0.15) is 6.79 Å². The number of nitrogens with zero attached hydrogens (tertiary/aromatic N) is 1. The van der Waals surface area contributed by atoms with Crippen LogP contribution in [0.3, 0.4) is 0 Å². The van der Waals surface area contributed by atoms with Gasteiger partial charge in [-0.25, -0.2) is 0 Å². The first-order chi connectivity index (χ1) is 11.3. The normalized spacial score (nSPS) is 17.2. The van der Waals surface area contributed by atoms with Crippen LogP contribution in [-0.4, -0.2) is 45.0 Å². The Morgan fingerprint density at radius 3 is 1.62 bits per heavy atom. The molecule has 24 heavy (non-hydrogen) atoms. The fourth-order valence-corrected chi connectivity index (χ4v) is 3.13. The summed E-state index contributed by atoms with van der Waals surface area (Å²) in [6, 6.07) is 0. The van der Waals surface area contributed by atoms with Gasteiger partial charge in [-0.1, -0.05) is 74.1 Å². The Labute approximate surface area is 152 Å². The molecule has 3 heteroatoms. The van der Waals surface area contributed by atoms with Gasteiger partial charge in [0.2, 0.25) is 0 Å². The van der Waals surface area contributed by atoms with Crippen molar-refractivity contribution in [3.63, 3.8) is 0 Å². The second kappa shape index (κ2) is 13.8. The van der Waals surface area contributed by atoms with Gasteiger partial charge in [-0.3, -0.25) is 0 Å². The molecular weight excluding hydrogens is 298 g/mol. The molecule has 1 heterocycles. The molecule has 146 valence electrons. The van der Waals surface area contributed by atoms with E-state index in [2.05, 4.69) is 60.4 Å². The Kier molecular flexibility index (Phi) is 14.9. The van der Waals surface area contributed by atoms with Gasteiger partial charge in [-0.05, 0) is 30.2 Å². The number of carbonyl (C=O) groups is 1. The van der Waals surface area contributed by atoms with Crippen LogP contribution < -0.4 is 0 Å². The molecule has 0 spiro atoms. The quantitative estimate of drug-likeness (QED) is 0.617. The summed E-state index contributed by atoms with van der Waals surface area (Å²) in [4.78, 5) is 10.3. The number of likely N-dealkylation sites (N-methyl/N-ethyl adjacent to an activating group) is 1. The lowest BCUT2D eigenvalue weighted by Gasteiger charge is -2.40. The average molecular weight is 344 g/mol. The maximum atomic E-state index is 8.00. The summed E-state index contributed by atoms with van der Waals surface area (Å²) in [5.41, 5.74) is 1.11. The van der Waals surface area contributed by atoms with E-state index in [1.165, 1.54) is 32.1 Å². The lowest BCUT2D eigenvalue weighted by atomic mass is 9.66. The molecule has 1 saturated heterocycles.